The van der Waals surface area contributed by atoms with Gasteiger partial charge in [0.1, 0.15) is 0 Å². The largest absolute Gasteiger partial charge is 0.464 e. The normalized spacial score (nSPS) is 21.0. The highest BCUT2D eigenvalue weighted by Gasteiger charge is 2.40. The van der Waals surface area contributed by atoms with Crippen molar-refractivity contribution < 1.29 is 14.3 Å². The molecular weight excluding hydrogens is 408 g/mol. The second-order valence-corrected chi connectivity index (χ2v) is 14.0. The van der Waals surface area contributed by atoms with E-state index in [1.54, 1.807) is 0 Å². The first kappa shape index (κ1) is 21.4. The van der Waals surface area contributed by atoms with Gasteiger partial charge in [-0.1, -0.05) is 79.2 Å². The van der Waals surface area contributed by atoms with Crippen LogP contribution in [0.4, 0.5) is 0 Å². The Morgan fingerprint density at radius 2 is 1.96 bits per heavy atom. The van der Waals surface area contributed by atoms with Crippen molar-refractivity contribution in [1.29, 1.82) is 0 Å². The molecule has 0 fully saturated rings. The van der Waals surface area contributed by atoms with Crippen LogP contribution in [0.2, 0.25) is 19.6 Å². The van der Waals surface area contributed by atoms with Crippen molar-refractivity contribution in [2.24, 2.45) is 0 Å². The minimum absolute atomic E-state index is 0.0356. The summed E-state index contributed by atoms with van der Waals surface area (Å²) < 4.78 is 12.9. The number of hydrogen-bond donors (Lipinski definition) is 0. The first-order valence-electron chi connectivity index (χ1n) is 9.58. The minimum Gasteiger partial charge on any atom is -0.464 e. The quantitative estimate of drug-likeness (QED) is 0.299. The standard InChI is InChI=1S/C21H31BrO3Si/c1-5-6-14-24-21(23)19-20(26(2,3)4)18(22)15-17(25-19)13-12-16-10-8-7-9-11-16/h7-11,17,19H,5-6,12-15H2,1-4H3/t17-,19+/m0/s1. The molecule has 26 heavy (non-hydrogen) atoms. The van der Waals surface area contributed by atoms with E-state index < -0.39 is 14.2 Å². The fraction of sp³-hybridized carbons (Fsp3) is 0.571. The SMILES string of the molecule is CCCCOC(=O)[C@@H]1O[C@@H](CCc2ccccc2)CC(Br)=C1[Si](C)(C)C. The van der Waals surface area contributed by atoms with Gasteiger partial charge in [-0.25, -0.2) is 4.79 Å². The highest BCUT2D eigenvalue weighted by molar-refractivity contribution is 9.11. The number of ether oxygens (including phenoxy) is 2. The van der Waals surface area contributed by atoms with Crippen molar-refractivity contribution in [2.75, 3.05) is 6.61 Å². The minimum atomic E-state index is -1.70. The summed E-state index contributed by atoms with van der Waals surface area (Å²) in [5.41, 5.74) is 1.30. The highest BCUT2D eigenvalue weighted by atomic mass is 79.9. The number of carbonyl (C=O) groups is 1. The summed E-state index contributed by atoms with van der Waals surface area (Å²) in [6.45, 7) is 9.33. The van der Waals surface area contributed by atoms with E-state index in [9.17, 15) is 4.79 Å². The lowest BCUT2D eigenvalue weighted by atomic mass is 10.0. The third-order valence-corrected chi connectivity index (χ3v) is 7.95. The van der Waals surface area contributed by atoms with Crippen LogP contribution in [0.3, 0.4) is 0 Å². The lowest BCUT2D eigenvalue weighted by molar-refractivity contribution is -0.158. The molecule has 2 rings (SSSR count). The predicted octanol–water partition coefficient (Wildman–Crippen LogP) is 5.65. The van der Waals surface area contributed by atoms with Gasteiger partial charge in [0.2, 0.25) is 0 Å². The Morgan fingerprint density at radius 3 is 2.58 bits per heavy atom. The van der Waals surface area contributed by atoms with E-state index in [0.29, 0.717) is 6.61 Å². The number of halogens is 1. The Labute approximate surface area is 167 Å². The van der Waals surface area contributed by atoms with Crippen molar-refractivity contribution in [3.63, 3.8) is 0 Å². The van der Waals surface area contributed by atoms with E-state index in [-0.39, 0.29) is 12.1 Å². The van der Waals surface area contributed by atoms with Gasteiger partial charge in [-0.2, -0.15) is 0 Å². The second-order valence-electron chi connectivity index (χ2n) is 7.96. The summed E-state index contributed by atoms with van der Waals surface area (Å²) in [6.07, 6.45) is 4.08. The molecule has 0 saturated heterocycles. The van der Waals surface area contributed by atoms with Crippen molar-refractivity contribution in [3.8, 4) is 0 Å². The number of carbonyl (C=O) groups excluding carboxylic acids is 1. The maximum absolute atomic E-state index is 12.7. The van der Waals surface area contributed by atoms with Crippen LogP contribution in [0.25, 0.3) is 0 Å². The number of esters is 1. The maximum atomic E-state index is 12.7. The molecule has 0 aliphatic carbocycles. The van der Waals surface area contributed by atoms with E-state index in [1.807, 2.05) is 6.07 Å². The molecule has 0 bridgehead atoms. The van der Waals surface area contributed by atoms with Crippen molar-refractivity contribution in [3.05, 3.63) is 45.6 Å². The number of hydrogen-bond acceptors (Lipinski definition) is 3. The van der Waals surface area contributed by atoms with Gasteiger partial charge in [0.05, 0.1) is 20.8 Å². The van der Waals surface area contributed by atoms with Gasteiger partial charge in [0.15, 0.2) is 6.10 Å². The molecule has 0 unspecified atom stereocenters. The van der Waals surface area contributed by atoms with E-state index in [4.69, 9.17) is 9.47 Å². The molecule has 5 heteroatoms. The second kappa shape index (κ2) is 9.86. The van der Waals surface area contributed by atoms with Crippen LogP contribution >= 0.6 is 15.9 Å². The number of aryl methyl sites for hydroxylation is 1. The molecule has 0 saturated carbocycles. The summed E-state index contributed by atoms with van der Waals surface area (Å²) in [4.78, 5) is 12.7. The first-order valence-corrected chi connectivity index (χ1v) is 13.9. The van der Waals surface area contributed by atoms with Crippen LogP contribution in [0.5, 0.6) is 0 Å². The van der Waals surface area contributed by atoms with E-state index >= 15 is 0 Å². The van der Waals surface area contributed by atoms with Crippen LogP contribution in [-0.2, 0) is 20.7 Å². The fourth-order valence-corrected chi connectivity index (χ4v) is 7.51. The molecule has 2 atom stereocenters. The summed E-state index contributed by atoms with van der Waals surface area (Å²) in [7, 11) is -1.70. The molecule has 144 valence electrons. The molecule has 1 heterocycles. The monoisotopic (exact) mass is 438 g/mol. The Hall–Kier alpha value is -0.913. The lowest BCUT2D eigenvalue weighted by Gasteiger charge is -2.36. The molecule has 0 N–H and O–H groups in total. The van der Waals surface area contributed by atoms with Crippen LogP contribution < -0.4 is 0 Å². The summed E-state index contributed by atoms with van der Waals surface area (Å²) in [6, 6.07) is 10.4. The van der Waals surface area contributed by atoms with Crippen LogP contribution in [0, 0.1) is 0 Å². The summed E-state index contributed by atoms with van der Waals surface area (Å²) in [5.74, 6) is -0.225. The Balaban J connectivity index is 2.11. The van der Waals surface area contributed by atoms with Crippen LogP contribution in [0.15, 0.2) is 40.0 Å². The summed E-state index contributed by atoms with van der Waals surface area (Å²) >= 11 is 3.77. The molecule has 1 aromatic rings. The molecule has 3 nitrogen and oxygen atoms in total. The van der Waals surface area contributed by atoms with Gasteiger partial charge in [-0.15, -0.1) is 0 Å². The number of unbranched alkanes of at least 4 members (excludes halogenated alkanes) is 1. The smallest absolute Gasteiger partial charge is 0.339 e. The molecule has 1 aromatic carbocycles. The van der Waals surface area contributed by atoms with Crippen LogP contribution in [-0.4, -0.2) is 32.9 Å². The Morgan fingerprint density at radius 1 is 1.27 bits per heavy atom. The third-order valence-electron chi connectivity index (χ3n) is 4.65. The molecule has 0 aromatic heterocycles. The zero-order chi connectivity index (χ0) is 19.2. The van der Waals surface area contributed by atoms with Crippen molar-refractivity contribution >= 4 is 30.0 Å². The summed E-state index contributed by atoms with van der Waals surface area (Å²) in [5, 5.41) is 1.15. The van der Waals surface area contributed by atoms with E-state index in [1.165, 1.54) is 5.56 Å². The van der Waals surface area contributed by atoms with Crippen LogP contribution in [0.1, 0.15) is 38.2 Å². The highest BCUT2D eigenvalue weighted by Crippen LogP contribution is 2.37. The molecule has 0 spiro atoms. The fourth-order valence-electron chi connectivity index (χ4n) is 3.27. The third kappa shape index (κ3) is 6.07. The number of rotatable bonds is 8. The van der Waals surface area contributed by atoms with Gasteiger partial charge in [0.25, 0.3) is 0 Å². The molecule has 1 aliphatic rings. The van der Waals surface area contributed by atoms with E-state index in [0.717, 1.165) is 41.8 Å². The molecule has 1 aliphatic heterocycles. The van der Waals surface area contributed by atoms with Gasteiger partial charge >= 0.3 is 5.97 Å². The molecule has 0 radical (unpaired) electrons. The van der Waals surface area contributed by atoms with Gasteiger partial charge < -0.3 is 9.47 Å². The molecule has 0 amide bonds. The average molecular weight is 439 g/mol. The Kier molecular flexibility index (Phi) is 8.11. The zero-order valence-corrected chi connectivity index (χ0v) is 19.0. The predicted molar refractivity (Wildman–Crippen MR) is 113 cm³/mol. The maximum Gasteiger partial charge on any atom is 0.339 e. The van der Waals surface area contributed by atoms with E-state index in [2.05, 4.69) is 66.8 Å². The molecular formula is C21H31BrO3Si. The van der Waals surface area contributed by atoms with Crippen molar-refractivity contribution in [1.82, 2.24) is 0 Å². The lowest BCUT2D eigenvalue weighted by Crippen LogP contribution is -2.45. The van der Waals surface area contributed by atoms with Gasteiger partial charge in [-0.05, 0) is 34.5 Å². The topological polar surface area (TPSA) is 35.5 Å². The average Bonchev–Trinajstić information content (AvgIpc) is 2.59. The van der Waals surface area contributed by atoms with Crippen molar-refractivity contribution in [2.45, 2.75) is 70.9 Å². The Bertz CT molecular complexity index is 622. The first-order chi connectivity index (χ1) is 12.3. The zero-order valence-electron chi connectivity index (χ0n) is 16.4. The van der Waals surface area contributed by atoms with Gasteiger partial charge in [0, 0.05) is 6.42 Å². The van der Waals surface area contributed by atoms with Gasteiger partial charge in [-0.3, -0.25) is 0 Å². The number of benzene rings is 1.